The van der Waals surface area contributed by atoms with Gasteiger partial charge in [-0.2, -0.15) is 12.6 Å². The number of anilines is 1. The van der Waals surface area contributed by atoms with Crippen LogP contribution in [0.25, 0.3) is 11.1 Å². The molecular weight excluding hydrogens is 184 g/mol. The van der Waals surface area contributed by atoms with Gasteiger partial charge in [-0.1, -0.05) is 0 Å². The van der Waals surface area contributed by atoms with Crippen LogP contribution < -0.4 is 5.32 Å². The van der Waals surface area contributed by atoms with Crippen LogP contribution in [-0.2, 0) is 0 Å². The fourth-order valence-corrected chi connectivity index (χ4v) is 1.28. The number of fused-ring (bicyclic) bond motifs is 1. The van der Waals surface area contributed by atoms with E-state index in [9.17, 15) is 0 Å². The quantitative estimate of drug-likeness (QED) is 0.735. The highest BCUT2D eigenvalue weighted by atomic mass is 32.1. The van der Waals surface area contributed by atoms with Crippen LogP contribution in [0.5, 0.6) is 0 Å². The molecule has 2 rings (SSSR count). The molecule has 1 heterocycles. The van der Waals surface area contributed by atoms with Crippen molar-refractivity contribution in [3.8, 4) is 0 Å². The number of nitrogens with zero attached hydrogens (tertiary/aromatic N) is 1. The molecule has 0 aliphatic rings. The molecule has 13 heavy (non-hydrogen) atoms. The highest BCUT2D eigenvalue weighted by Gasteiger charge is 1.98. The first kappa shape index (κ1) is 8.44. The van der Waals surface area contributed by atoms with Crippen LogP contribution in [0, 0.1) is 0 Å². The van der Waals surface area contributed by atoms with E-state index in [1.165, 1.54) is 6.39 Å². The summed E-state index contributed by atoms with van der Waals surface area (Å²) in [5.41, 5.74) is 2.74. The fourth-order valence-electron chi connectivity index (χ4n) is 1.17. The summed E-state index contributed by atoms with van der Waals surface area (Å²) >= 11 is 4.11. The van der Waals surface area contributed by atoms with Crippen molar-refractivity contribution in [2.24, 2.45) is 0 Å². The van der Waals surface area contributed by atoms with Gasteiger partial charge >= 0.3 is 0 Å². The normalized spacial score (nSPS) is 10.5. The van der Waals surface area contributed by atoms with Gasteiger partial charge in [0.05, 0.1) is 0 Å². The smallest absolute Gasteiger partial charge is 0.181 e. The third kappa shape index (κ3) is 1.78. The maximum atomic E-state index is 5.17. The molecule has 4 heteroatoms. The van der Waals surface area contributed by atoms with Crippen molar-refractivity contribution in [2.75, 3.05) is 17.6 Å². The predicted octanol–water partition coefficient (Wildman–Crippen LogP) is 2.17. The Morgan fingerprint density at radius 2 is 2.38 bits per heavy atom. The summed E-state index contributed by atoms with van der Waals surface area (Å²) < 4.78 is 5.17. The van der Waals surface area contributed by atoms with Crippen molar-refractivity contribution in [1.82, 2.24) is 4.98 Å². The van der Waals surface area contributed by atoms with Gasteiger partial charge in [0.1, 0.15) is 5.52 Å². The molecule has 0 aliphatic heterocycles. The van der Waals surface area contributed by atoms with Gasteiger partial charge in [-0.15, -0.1) is 0 Å². The number of benzene rings is 1. The fraction of sp³-hybridized carbons (Fsp3) is 0.222. The second-order valence-corrected chi connectivity index (χ2v) is 3.13. The van der Waals surface area contributed by atoms with Crippen LogP contribution in [0.1, 0.15) is 0 Å². The number of hydrogen-bond acceptors (Lipinski definition) is 4. The summed E-state index contributed by atoms with van der Waals surface area (Å²) in [6.45, 7) is 0.850. The average Bonchev–Trinajstić information content (AvgIpc) is 2.61. The number of thiol groups is 1. The maximum absolute atomic E-state index is 5.17. The van der Waals surface area contributed by atoms with Gasteiger partial charge in [0.2, 0.25) is 0 Å². The number of aromatic nitrogens is 1. The molecule has 0 unspecified atom stereocenters. The Balaban J connectivity index is 2.26. The topological polar surface area (TPSA) is 38.1 Å². The molecule has 1 N–H and O–H groups in total. The van der Waals surface area contributed by atoms with Crippen LogP contribution in [0.3, 0.4) is 0 Å². The molecule has 2 aromatic rings. The van der Waals surface area contributed by atoms with E-state index < -0.39 is 0 Å². The molecular formula is C9H10N2OS. The largest absolute Gasteiger partial charge is 0.443 e. The standard InChI is InChI=1S/C9H10N2OS/c13-4-3-10-7-1-2-8-9(5-7)12-6-11-8/h1-2,5-6,10,13H,3-4H2. The zero-order chi connectivity index (χ0) is 9.10. The van der Waals surface area contributed by atoms with Crippen LogP contribution in [0.2, 0.25) is 0 Å². The molecule has 0 aliphatic carbocycles. The molecule has 0 bridgehead atoms. The zero-order valence-corrected chi connectivity index (χ0v) is 7.92. The number of hydrogen-bond donors (Lipinski definition) is 2. The van der Waals surface area contributed by atoms with E-state index in [1.807, 2.05) is 18.2 Å². The summed E-state index contributed by atoms with van der Waals surface area (Å²) in [6, 6.07) is 5.85. The van der Waals surface area contributed by atoms with Gasteiger partial charge in [0, 0.05) is 24.1 Å². The second kappa shape index (κ2) is 3.70. The summed E-state index contributed by atoms with van der Waals surface area (Å²) in [7, 11) is 0. The molecule has 68 valence electrons. The lowest BCUT2D eigenvalue weighted by Crippen LogP contribution is -2.01. The molecule has 0 fully saturated rings. The lowest BCUT2D eigenvalue weighted by molar-refractivity contribution is 0.602. The predicted molar refractivity (Wildman–Crippen MR) is 56.4 cm³/mol. The van der Waals surface area contributed by atoms with E-state index in [1.54, 1.807) is 0 Å². The Hall–Kier alpha value is -1.16. The minimum atomic E-state index is 0.809. The number of oxazole rings is 1. The monoisotopic (exact) mass is 194 g/mol. The van der Waals surface area contributed by atoms with E-state index in [4.69, 9.17) is 4.42 Å². The molecule has 0 atom stereocenters. The van der Waals surface area contributed by atoms with E-state index in [2.05, 4.69) is 22.9 Å². The van der Waals surface area contributed by atoms with Gasteiger partial charge in [-0.25, -0.2) is 4.98 Å². The molecule has 0 saturated heterocycles. The van der Waals surface area contributed by atoms with Gasteiger partial charge < -0.3 is 9.73 Å². The molecule has 0 radical (unpaired) electrons. The van der Waals surface area contributed by atoms with Crippen molar-refractivity contribution in [3.63, 3.8) is 0 Å². The van der Waals surface area contributed by atoms with Crippen LogP contribution in [0.4, 0.5) is 5.69 Å². The summed E-state index contributed by atoms with van der Waals surface area (Å²) in [6.07, 6.45) is 1.45. The number of nitrogens with one attached hydrogen (secondary N) is 1. The molecule has 3 nitrogen and oxygen atoms in total. The van der Waals surface area contributed by atoms with Gasteiger partial charge in [0.25, 0.3) is 0 Å². The molecule has 0 saturated carbocycles. The zero-order valence-electron chi connectivity index (χ0n) is 7.03. The first-order valence-electron chi connectivity index (χ1n) is 4.08. The Bertz CT molecular complexity index is 399. The summed E-state index contributed by atoms with van der Waals surface area (Å²) in [5, 5.41) is 3.21. The maximum Gasteiger partial charge on any atom is 0.181 e. The van der Waals surface area contributed by atoms with E-state index >= 15 is 0 Å². The van der Waals surface area contributed by atoms with Crippen molar-refractivity contribution in [3.05, 3.63) is 24.6 Å². The van der Waals surface area contributed by atoms with Gasteiger partial charge in [-0.05, 0) is 12.1 Å². The third-order valence-corrected chi connectivity index (χ3v) is 2.00. The van der Waals surface area contributed by atoms with Gasteiger partial charge in [-0.3, -0.25) is 0 Å². The van der Waals surface area contributed by atoms with Gasteiger partial charge in [0.15, 0.2) is 12.0 Å². The first-order chi connectivity index (χ1) is 6.40. The van der Waals surface area contributed by atoms with Crippen LogP contribution in [0.15, 0.2) is 29.0 Å². The summed E-state index contributed by atoms with van der Waals surface area (Å²) in [5.74, 6) is 0.814. The van der Waals surface area contributed by atoms with E-state index in [-0.39, 0.29) is 0 Å². The summed E-state index contributed by atoms with van der Waals surface area (Å²) in [4.78, 5) is 4.03. The van der Waals surface area contributed by atoms with Crippen molar-refractivity contribution < 1.29 is 4.42 Å². The first-order valence-corrected chi connectivity index (χ1v) is 4.71. The Morgan fingerprint density at radius 1 is 1.46 bits per heavy atom. The van der Waals surface area contributed by atoms with Crippen molar-refractivity contribution >= 4 is 29.4 Å². The Kier molecular flexibility index (Phi) is 2.40. The van der Waals surface area contributed by atoms with Crippen molar-refractivity contribution in [2.45, 2.75) is 0 Å². The highest BCUT2D eigenvalue weighted by molar-refractivity contribution is 7.80. The lowest BCUT2D eigenvalue weighted by Gasteiger charge is -2.02. The average molecular weight is 194 g/mol. The minimum absolute atomic E-state index is 0.809. The Labute approximate surface area is 81.6 Å². The highest BCUT2D eigenvalue weighted by Crippen LogP contribution is 2.17. The number of rotatable bonds is 3. The lowest BCUT2D eigenvalue weighted by atomic mass is 10.3. The van der Waals surface area contributed by atoms with Crippen LogP contribution in [-0.4, -0.2) is 17.3 Å². The molecule has 1 aromatic carbocycles. The Morgan fingerprint density at radius 3 is 3.23 bits per heavy atom. The SMILES string of the molecule is SCCNc1ccc2ncoc2c1. The van der Waals surface area contributed by atoms with Crippen molar-refractivity contribution in [1.29, 1.82) is 0 Å². The molecule has 0 amide bonds. The van der Waals surface area contributed by atoms with Crippen LogP contribution >= 0.6 is 12.6 Å². The second-order valence-electron chi connectivity index (χ2n) is 2.69. The third-order valence-electron chi connectivity index (χ3n) is 1.77. The van der Waals surface area contributed by atoms with E-state index in [0.717, 1.165) is 29.1 Å². The molecule has 0 spiro atoms. The van der Waals surface area contributed by atoms with E-state index in [0.29, 0.717) is 0 Å². The minimum Gasteiger partial charge on any atom is -0.443 e. The molecule has 1 aromatic heterocycles.